The SMILES string of the molecule is C=C1CCC(O)(C=[NH+]C)C23CCCc4ccc(O)c(c42)OC13.CC1CC1. The van der Waals surface area contributed by atoms with Crippen LogP contribution in [0.1, 0.15) is 56.6 Å². The van der Waals surface area contributed by atoms with Crippen LogP contribution in [0.4, 0.5) is 0 Å². The molecular formula is C22H30NO3+. The van der Waals surface area contributed by atoms with Crippen LogP contribution in [0.3, 0.4) is 0 Å². The molecule has 0 aromatic heterocycles. The normalized spacial score (nSPS) is 34.6. The van der Waals surface area contributed by atoms with Crippen molar-refractivity contribution in [1.29, 1.82) is 0 Å². The summed E-state index contributed by atoms with van der Waals surface area (Å²) in [5.74, 6) is 1.79. The lowest BCUT2D eigenvalue weighted by molar-refractivity contribution is -0.421. The maximum absolute atomic E-state index is 11.5. The van der Waals surface area contributed by atoms with E-state index >= 15 is 0 Å². The molecule has 0 radical (unpaired) electrons. The Hall–Kier alpha value is -1.81. The quantitative estimate of drug-likeness (QED) is 0.533. The number of benzene rings is 1. The lowest BCUT2D eigenvalue weighted by Gasteiger charge is -2.50. The van der Waals surface area contributed by atoms with Gasteiger partial charge in [0.15, 0.2) is 23.3 Å². The van der Waals surface area contributed by atoms with Crippen LogP contribution in [0.25, 0.3) is 0 Å². The molecule has 3 atom stereocenters. The van der Waals surface area contributed by atoms with Gasteiger partial charge >= 0.3 is 0 Å². The minimum atomic E-state index is -0.998. The minimum Gasteiger partial charge on any atom is -0.504 e. The third kappa shape index (κ3) is 2.42. The average Bonchev–Trinajstić information content (AvgIpc) is 3.30. The fraction of sp³-hybridized carbons (Fsp3) is 0.591. The van der Waals surface area contributed by atoms with E-state index in [1.807, 2.05) is 13.1 Å². The molecule has 4 aliphatic rings. The Morgan fingerprint density at radius 2 is 2.00 bits per heavy atom. The van der Waals surface area contributed by atoms with E-state index in [2.05, 4.69) is 18.5 Å². The molecule has 4 nitrogen and oxygen atoms in total. The summed E-state index contributed by atoms with van der Waals surface area (Å²) in [5, 5.41) is 21.7. The van der Waals surface area contributed by atoms with Crippen LogP contribution in [-0.2, 0) is 11.8 Å². The Balaban J connectivity index is 0.000000373. The number of rotatable bonds is 1. The molecule has 5 rings (SSSR count). The van der Waals surface area contributed by atoms with Crippen molar-refractivity contribution in [3.8, 4) is 11.5 Å². The van der Waals surface area contributed by atoms with Gasteiger partial charge in [-0.2, -0.15) is 0 Å². The van der Waals surface area contributed by atoms with Gasteiger partial charge in [-0.05, 0) is 55.2 Å². The predicted molar refractivity (Wildman–Crippen MR) is 102 cm³/mol. The van der Waals surface area contributed by atoms with Gasteiger partial charge in [0.2, 0.25) is 0 Å². The lowest BCUT2D eigenvalue weighted by Crippen LogP contribution is -2.74. The molecule has 0 saturated heterocycles. The molecule has 140 valence electrons. The molecule has 1 aromatic rings. The van der Waals surface area contributed by atoms with Crippen LogP contribution in [0, 0.1) is 5.92 Å². The highest BCUT2D eigenvalue weighted by Crippen LogP contribution is 2.62. The summed E-state index contributed by atoms with van der Waals surface area (Å²) in [7, 11) is 1.82. The molecule has 2 fully saturated rings. The fourth-order valence-electron chi connectivity index (χ4n) is 5.00. The van der Waals surface area contributed by atoms with Gasteiger partial charge in [-0.1, -0.05) is 32.4 Å². The van der Waals surface area contributed by atoms with Crippen molar-refractivity contribution in [3.05, 3.63) is 35.4 Å². The van der Waals surface area contributed by atoms with Crippen LogP contribution in [0.2, 0.25) is 0 Å². The van der Waals surface area contributed by atoms with E-state index in [-0.39, 0.29) is 11.9 Å². The average molecular weight is 356 g/mol. The molecule has 0 amide bonds. The number of ether oxygens (including phenoxy) is 1. The van der Waals surface area contributed by atoms with Crippen LogP contribution in [-0.4, -0.2) is 35.2 Å². The van der Waals surface area contributed by atoms with Crippen molar-refractivity contribution < 1.29 is 19.9 Å². The zero-order chi connectivity index (χ0) is 18.5. The fourth-order valence-corrected chi connectivity index (χ4v) is 5.00. The molecule has 1 aliphatic heterocycles. The van der Waals surface area contributed by atoms with Crippen LogP contribution >= 0.6 is 0 Å². The molecular weight excluding hydrogens is 326 g/mol. The standard InChI is InChI=1S/C18H21NO3.C4H8/c1-11-7-9-17(21,10-19-2)18-8-3-4-12-5-6-13(20)15(14(12)18)22-16(11)18;1-4-2-3-4/h5-6,10,16,20-21H,1,3-4,7-9H2,2H3;4H,2-3H2,1H3/p+1. The predicted octanol–water partition coefficient (Wildman–Crippen LogP) is 2.01. The van der Waals surface area contributed by atoms with E-state index in [1.54, 1.807) is 12.3 Å². The summed E-state index contributed by atoms with van der Waals surface area (Å²) in [6.07, 6.45) is 8.66. The minimum absolute atomic E-state index is 0.161. The largest absolute Gasteiger partial charge is 0.504 e. The topological polar surface area (TPSA) is 63.7 Å². The van der Waals surface area contributed by atoms with E-state index in [4.69, 9.17) is 4.74 Å². The first kappa shape index (κ1) is 17.6. The monoisotopic (exact) mass is 356 g/mol. The highest BCUT2D eigenvalue weighted by molar-refractivity contribution is 5.74. The van der Waals surface area contributed by atoms with Crippen molar-refractivity contribution in [1.82, 2.24) is 0 Å². The third-order valence-corrected chi connectivity index (χ3v) is 6.59. The van der Waals surface area contributed by atoms with E-state index in [1.165, 1.54) is 18.4 Å². The summed E-state index contributed by atoms with van der Waals surface area (Å²) < 4.78 is 6.15. The molecule has 1 heterocycles. The van der Waals surface area contributed by atoms with Crippen molar-refractivity contribution >= 4 is 6.21 Å². The van der Waals surface area contributed by atoms with Crippen molar-refractivity contribution in [2.75, 3.05) is 7.05 Å². The van der Waals surface area contributed by atoms with Gasteiger partial charge in [-0.15, -0.1) is 0 Å². The second kappa shape index (κ2) is 6.12. The number of phenolic OH excluding ortho intramolecular Hbond substituents is 1. The molecule has 26 heavy (non-hydrogen) atoms. The Labute approximate surface area is 155 Å². The third-order valence-electron chi connectivity index (χ3n) is 6.59. The zero-order valence-corrected chi connectivity index (χ0v) is 15.8. The molecule has 4 heteroatoms. The number of nitrogens with one attached hydrogen (secondary N) is 1. The van der Waals surface area contributed by atoms with Gasteiger partial charge in [0.1, 0.15) is 13.2 Å². The molecule has 1 spiro atoms. The molecule has 0 bridgehead atoms. The molecule has 2 saturated carbocycles. The second-order valence-electron chi connectivity index (χ2n) is 8.47. The smallest absolute Gasteiger partial charge is 0.170 e. The van der Waals surface area contributed by atoms with Crippen LogP contribution in [0.5, 0.6) is 11.5 Å². The van der Waals surface area contributed by atoms with E-state index < -0.39 is 11.0 Å². The lowest BCUT2D eigenvalue weighted by atomic mass is 9.53. The molecule has 3 unspecified atom stereocenters. The first-order valence-corrected chi connectivity index (χ1v) is 9.86. The van der Waals surface area contributed by atoms with Gasteiger partial charge in [0.05, 0.1) is 5.41 Å². The summed E-state index contributed by atoms with van der Waals surface area (Å²) in [5.41, 5.74) is 1.66. The van der Waals surface area contributed by atoms with E-state index in [9.17, 15) is 10.2 Å². The highest BCUT2D eigenvalue weighted by atomic mass is 16.5. The highest BCUT2D eigenvalue weighted by Gasteiger charge is 2.66. The van der Waals surface area contributed by atoms with E-state index in [0.717, 1.165) is 42.7 Å². The number of hydrogen-bond acceptors (Lipinski definition) is 3. The second-order valence-corrected chi connectivity index (χ2v) is 8.47. The van der Waals surface area contributed by atoms with Gasteiger partial charge in [-0.3, -0.25) is 4.99 Å². The van der Waals surface area contributed by atoms with E-state index in [0.29, 0.717) is 12.2 Å². The van der Waals surface area contributed by atoms with Gasteiger partial charge < -0.3 is 14.9 Å². The molecule has 3 aliphatic carbocycles. The molecule has 3 N–H and O–H groups in total. The number of aromatic hydroxyl groups is 1. The number of hydrogen-bond donors (Lipinski definition) is 3. The molecule has 1 aromatic carbocycles. The number of phenols is 1. The first-order valence-electron chi connectivity index (χ1n) is 9.86. The van der Waals surface area contributed by atoms with Gasteiger partial charge in [0, 0.05) is 5.56 Å². The summed E-state index contributed by atoms with van der Waals surface area (Å²) in [4.78, 5) is 3.03. The van der Waals surface area contributed by atoms with Gasteiger partial charge in [0.25, 0.3) is 0 Å². The van der Waals surface area contributed by atoms with Crippen LogP contribution < -0.4 is 9.73 Å². The number of aliphatic hydroxyl groups is 1. The Bertz CT molecular complexity index is 767. The van der Waals surface area contributed by atoms with Crippen molar-refractivity contribution in [2.24, 2.45) is 5.92 Å². The Morgan fingerprint density at radius 1 is 1.27 bits per heavy atom. The summed E-state index contributed by atoms with van der Waals surface area (Å²) >= 11 is 0. The maximum Gasteiger partial charge on any atom is 0.170 e. The maximum atomic E-state index is 11.5. The number of aryl methyl sites for hydroxylation is 1. The van der Waals surface area contributed by atoms with Crippen molar-refractivity contribution in [2.45, 2.75) is 69.0 Å². The van der Waals surface area contributed by atoms with Crippen molar-refractivity contribution in [3.63, 3.8) is 0 Å². The summed E-state index contributed by atoms with van der Waals surface area (Å²) in [6, 6.07) is 3.67. The first-order chi connectivity index (χ1) is 12.4. The zero-order valence-electron chi connectivity index (χ0n) is 15.8. The van der Waals surface area contributed by atoms with Crippen LogP contribution in [0.15, 0.2) is 24.3 Å². The summed E-state index contributed by atoms with van der Waals surface area (Å²) in [6.45, 7) is 6.47. The van der Waals surface area contributed by atoms with Gasteiger partial charge in [-0.25, -0.2) is 0 Å². The Morgan fingerprint density at radius 3 is 2.65 bits per heavy atom. The Kier molecular flexibility index (Phi) is 4.14.